The molecule has 1 aliphatic heterocycles. The first-order chi connectivity index (χ1) is 13.5. The summed E-state index contributed by atoms with van der Waals surface area (Å²) in [6.45, 7) is 2.02. The summed E-state index contributed by atoms with van der Waals surface area (Å²) < 4.78 is 19.4. The molecule has 3 aromatic carbocycles. The van der Waals surface area contributed by atoms with E-state index < -0.39 is 12.0 Å². The molecular weight excluding hydrogens is 355 g/mol. The Hall–Kier alpha value is -3.34. The SMILES string of the molecule is CNC(=O)C1c2cc(-c3cc(N)ccc3C)ccc2OC1c1ccc(F)cc1. The van der Waals surface area contributed by atoms with Crippen molar-refractivity contribution in [3.8, 4) is 16.9 Å². The Kier molecular flexibility index (Phi) is 4.51. The number of hydrogen-bond acceptors (Lipinski definition) is 3. The molecule has 1 heterocycles. The average molecular weight is 376 g/mol. The third-order valence-corrected chi connectivity index (χ3v) is 5.20. The van der Waals surface area contributed by atoms with Crippen LogP contribution < -0.4 is 15.8 Å². The van der Waals surface area contributed by atoms with Crippen LogP contribution in [-0.4, -0.2) is 13.0 Å². The van der Waals surface area contributed by atoms with Gasteiger partial charge >= 0.3 is 0 Å². The summed E-state index contributed by atoms with van der Waals surface area (Å²) in [5.74, 6) is -0.329. The zero-order valence-electron chi connectivity index (χ0n) is 15.7. The van der Waals surface area contributed by atoms with E-state index in [0.29, 0.717) is 11.4 Å². The number of likely N-dealkylation sites (N-methyl/N-ethyl adjacent to an activating group) is 1. The van der Waals surface area contributed by atoms with Gasteiger partial charge in [-0.1, -0.05) is 24.3 Å². The third kappa shape index (κ3) is 3.09. The molecule has 2 atom stereocenters. The van der Waals surface area contributed by atoms with Crippen LogP contribution in [0.25, 0.3) is 11.1 Å². The Morgan fingerprint density at radius 3 is 2.54 bits per heavy atom. The van der Waals surface area contributed by atoms with Crippen LogP contribution in [0.1, 0.15) is 28.7 Å². The van der Waals surface area contributed by atoms with Crippen molar-refractivity contribution in [3.05, 3.63) is 83.2 Å². The van der Waals surface area contributed by atoms with Crippen molar-refractivity contribution in [1.29, 1.82) is 0 Å². The lowest BCUT2D eigenvalue weighted by atomic mass is 9.88. The second-order valence-electron chi connectivity index (χ2n) is 7.01. The minimum absolute atomic E-state index is 0.144. The highest BCUT2D eigenvalue weighted by molar-refractivity contribution is 5.87. The quantitative estimate of drug-likeness (QED) is 0.668. The molecule has 0 bridgehead atoms. The van der Waals surface area contributed by atoms with Crippen LogP contribution in [0.5, 0.6) is 5.75 Å². The summed E-state index contributed by atoms with van der Waals surface area (Å²) in [5, 5.41) is 2.73. The van der Waals surface area contributed by atoms with Gasteiger partial charge in [0.2, 0.25) is 5.91 Å². The molecule has 1 aliphatic rings. The van der Waals surface area contributed by atoms with Crippen molar-refractivity contribution >= 4 is 11.6 Å². The Balaban J connectivity index is 1.80. The molecule has 0 aromatic heterocycles. The summed E-state index contributed by atoms with van der Waals surface area (Å²) in [6.07, 6.45) is -0.507. The molecule has 142 valence electrons. The van der Waals surface area contributed by atoms with Gasteiger partial charge in [0.1, 0.15) is 23.6 Å². The van der Waals surface area contributed by atoms with E-state index in [0.717, 1.165) is 27.8 Å². The van der Waals surface area contributed by atoms with Crippen LogP contribution in [-0.2, 0) is 4.79 Å². The Labute approximate surface area is 163 Å². The van der Waals surface area contributed by atoms with Gasteiger partial charge in [0.25, 0.3) is 0 Å². The number of benzene rings is 3. The van der Waals surface area contributed by atoms with Gasteiger partial charge in [0, 0.05) is 18.3 Å². The van der Waals surface area contributed by atoms with Gasteiger partial charge in [0.15, 0.2) is 0 Å². The van der Waals surface area contributed by atoms with Crippen molar-refractivity contribution in [2.24, 2.45) is 0 Å². The summed E-state index contributed by atoms with van der Waals surface area (Å²) >= 11 is 0. The first-order valence-corrected chi connectivity index (χ1v) is 9.12. The monoisotopic (exact) mass is 376 g/mol. The highest BCUT2D eigenvalue weighted by Gasteiger charge is 2.40. The lowest BCUT2D eigenvalue weighted by Gasteiger charge is -2.18. The number of hydrogen-bond donors (Lipinski definition) is 2. The van der Waals surface area contributed by atoms with E-state index in [1.807, 2.05) is 43.3 Å². The van der Waals surface area contributed by atoms with Crippen molar-refractivity contribution in [3.63, 3.8) is 0 Å². The Morgan fingerprint density at radius 1 is 1.07 bits per heavy atom. The van der Waals surface area contributed by atoms with Crippen molar-refractivity contribution < 1.29 is 13.9 Å². The molecule has 3 aromatic rings. The molecule has 5 heteroatoms. The molecule has 2 unspecified atom stereocenters. The van der Waals surface area contributed by atoms with E-state index in [1.54, 1.807) is 19.2 Å². The van der Waals surface area contributed by atoms with Crippen molar-refractivity contribution in [2.75, 3.05) is 12.8 Å². The number of nitrogens with two attached hydrogens (primary N) is 1. The molecule has 0 aliphatic carbocycles. The summed E-state index contributed by atoms with van der Waals surface area (Å²) in [7, 11) is 1.61. The molecule has 0 saturated carbocycles. The fourth-order valence-corrected chi connectivity index (χ4v) is 3.73. The summed E-state index contributed by atoms with van der Waals surface area (Å²) in [6, 6.07) is 17.7. The van der Waals surface area contributed by atoms with Gasteiger partial charge < -0.3 is 15.8 Å². The van der Waals surface area contributed by atoms with Crippen LogP contribution in [0, 0.1) is 12.7 Å². The van der Waals surface area contributed by atoms with Gasteiger partial charge in [-0.15, -0.1) is 0 Å². The smallest absolute Gasteiger partial charge is 0.231 e. The number of rotatable bonds is 3. The van der Waals surface area contributed by atoms with E-state index in [4.69, 9.17) is 10.5 Å². The number of aryl methyl sites for hydroxylation is 1. The lowest BCUT2D eigenvalue weighted by molar-refractivity contribution is -0.123. The standard InChI is InChI=1S/C23H21FN2O2/c1-13-3-9-17(25)12-18(13)15-6-10-20-19(11-15)21(23(27)26-2)22(28-20)14-4-7-16(24)8-5-14/h3-12,21-22H,25H2,1-2H3,(H,26,27). The topological polar surface area (TPSA) is 64.4 Å². The van der Waals surface area contributed by atoms with Crippen LogP contribution in [0.3, 0.4) is 0 Å². The van der Waals surface area contributed by atoms with E-state index >= 15 is 0 Å². The summed E-state index contributed by atoms with van der Waals surface area (Å²) in [5.41, 5.74) is 11.3. The Morgan fingerprint density at radius 2 is 1.82 bits per heavy atom. The largest absolute Gasteiger partial charge is 0.484 e. The second kappa shape index (κ2) is 7.00. The number of fused-ring (bicyclic) bond motifs is 1. The molecule has 0 saturated heterocycles. The van der Waals surface area contributed by atoms with Crippen LogP contribution in [0.4, 0.5) is 10.1 Å². The molecule has 4 rings (SSSR count). The van der Waals surface area contributed by atoms with Gasteiger partial charge in [0.05, 0.1) is 0 Å². The predicted octanol–water partition coefficient (Wildman–Crippen LogP) is 4.35. The third-order valence-electron chi connectivity index (χ3n) is 5.20. The number of halogens is 1. The van der Waals surface area contributed by atoms with E-state index in [2.05, 4.69) is 5.32 Å². The summed E-state index contributed by atoms with van der Waals surface area (Å²) in [4.78, 5) is 12.7. The molecule has 0 fully saturated rings. The molecule has 1 amide bonds. The number of ether oxygens (including phenoxy) is 1. The average Bonchev–Trinajstić information content (AvgIpc) is 3.08. The normalized spacial score (nSPS) is 17.7. The van der Waals surface area contributed by atoms with Gasteiger partial charge in [-0.3, -0.25) is 4.79 Å². The number of carbonyl (C=O) groups is 1. The molecule has 3 N–H and O–H groups in total. The highest BCUT2D eigenvalue weighted by Crippen LogP contribution is 2.47. The number of amides is 1. The van der Waals surface area contributed by atoms with Gasteiger partial charge in [-0.25, -0.2) is 4.39 Å². The van der Waals surface area contributed by atoms with Crippen LogP contribution in [0.2, 0.25) is 0 Å². The maximum Gasteiger partial charge on any atom is 0.231 e. The van der Waals surface area contributed by atoms with E-state index in [9.17, 15) is 9.18 Å². The maximum atomic E-state index is 13.3. The fraction of sp³-hybridized carbons (Fsp3) is 0.174. The van der Waals surface area contributed by atoms with Gasteiger partial charge in [-0.05, 0) is 65.6 Å². The fourth-order valence-electron chi connectivity index (χ4n) is 3.73. The molecule has 0 radical (unpaired) electrons. The predicted molar refractivity (Wildman–Crippen MR) is 108 cm³/mol. The van der Waals surface area contributed by atoms with Crippen molar-refractivity contribution in [2.45, 2.75) is 18.9 Å². The van der Waals surface area contributed by atoms with E-state index in [-0.39, 0.29) is 11.7 Å². The number of nitrogen functional groups attached to an aromatic ring is 1. The number of anilines is 1. The maximum absolute atomic E-state index is 13.3. The van der Waals surface area contributed by atoms with Crippen LogP contribution >= 0.6 is 0 Å². The molecule has 0 spiro atoms. The first-order valence-electron chi connectivity index (χ1n) is 9.12. The molecule has 28 heavy (non-hydrogen) atoms. The lowest BCUT2D eigenvalue weighted by Crippen LogP contribution is -2.28. The second-order valence-corrected chi connectivity index (χ2v) is 7.01. The minimum Gasteiger partial charge on any atom is -0.484 e. The van der Waals surface area contributed by atoms with Crippen LogP contribution in [0.15, 0.2) is 60.7 Å². The zero-order valence-corrected chi connectivity index (χ0v) is 15.7. The molecule has 4 nitrogen and oxygen atoms in total. The zero-order chi connectivity index (χ0) is 19.8. The molecular formula is C23H21FN2O2. The number of carbonyl (C=O) groups excluding carboxylic acids is 1. The van der Waals surface area contributed by atoms with Gasteiger partial charge in [-0.2, -0.15) is 0 Å². The highest BCUT2D eigenvalue weighted by atomic mass is 19.1. The first kappa shape index (κ1) is 18.0. The minimum atomic E-state index is -0.522. The number of nitrogens with one attached hydrogen (secondary N) is 1. The van der Waals surface area contributed by atoms with E-state index in [1.165, 1.54) is 12.1 Å². The van der Waals surface area contributed by atoms with Crippen molar-refractivity contribution in [1.82, 2.24) is 5.32 Å². The Bertz CT molecular complexity index is 1050.